The predicted molar refractivity (Wildman–Crippen MR) is 58.4 cm³/mol. The van der Waals surface area contributed by atoms with Crippen LogP contribution in [0, 0.1) is 13.8 Å². The summed E-state index contributed by atoms with van der Waals surface area (Å²) >= 11 is 0. The van der Waals surface area contributed by atoms with E-state index in [0.29, 0.717) is 0 Å². The molecule has 1 nitrogen and oxygen atoms in total. The highest BCUT2D eigenvalue weighted by Crippen LogP contribution is 2.39. The fourth-order valence-electron chi connectivity index (χ4n) is 2.00. The molecule has 76 valence electrons. The summed E-state index contributed by atoms with van der Waals surface area (Å²) in [6.45, 7) is 4.30. The Kier molecular flexibility index (Phi) is 2.36. The summed E-state index contributed by atoms with van der Waals surface area (Å²) in [5.74, 6) is 0. The van der Waals surface area contributed by atoms with Gasteiger partial charge in [0.05, 0.1) is 5.60 Å². The predicted octanol–water partition coefficient (Wildman–Crippen LogP) is 2.76. The summed E-state index contributed by atoms with van der Waals surface area (Å²) in [5, 5.41) is 9.77. The Labute approximate surface area is 85.8 Å². The molecule has 1 heteroatoms. The molecule has 1 aromatic rings. The molecule has 2 rings (SSSR count). The molecule has 0 radical (unpaired) electrons. The number of aryl methyl sites for hydroxylation is 2. The smallest absolute Gasteiger partial charge is 0.0653 e. The third-order valence-electron chi connectivity index (χ3n) is 3.31. The van der Waals surface area contributed by atoms with Gasteiger partial charge < -0.3 is 5.11 Å². The van der Waals surface area contributed by atoms with Crippen molar-refractivity contribution in [3.8, 4) is 0 Å². The monoisotopic (exact) mass is 190 g/mol. The van der Waals surface area contributed by atoms with Gasteiger partial charge in [0, 0.05) is 0 Å². The van der Waals surface area contributed by atoms with E-state index in [1.807, 2.05) is 0 Å². The van der Waals surface area contributed by atoms with Crippen LogP contribution in [-0.2, 0) is 6.42 Å². The van der Waals surface area contributed by atoms with Crippen LogP contribution < -0.4 is 0 Å². The zero-order chi connectivity index (χ0) is 10.2. The van der Waals surface area contributed by atoms with Crippen molar-refractivity contribution in [2.24, 2.45) is 0 Å². The molecule has 1 aromatic carbocycles. The quantitative estimate of drug-likeness (QED) is 0.777. The normalized spacial score (nSPS) is 18.2. The van der Waals surface area contributed by atoms with Gasteiger partial charge in [0.25, 0.3) is 0 Å². The van der Waals surface area contributed by atoms with Crippen molar-refractivity contribution in [1.82, 2.24) is 0 Å². The van der Waals surface area contributed by atoms with E-state index in [1.165, 1.54) is 16.7 Å². The van der Waals surface area contributed by atoms with Gasteiger partial charge in [0.15, 0.2) is 0 Å². The molecular formula is C13H18O. The van der Waals surface area contributed by atoms with Crippen LogP contribution in [0.15, 0.2) is 18.2 Å². The third kappa shape index (κ3) is 1.98. The Morgan fingerprint density at radius 2 is 1.79 bits per heavy atom. The summed E-state index contributed by atoms with van der Waals surface area (Å²) in [4.78, 5) is 0. The fraction of sp³-hybridized carbons (Fsp3) is 0.538. The van der Waals surface area contributed by atoms with Crippen molar-refractivity contribution >= 4 is 0 Å². The van der Waals surface area contributed by atoms with Crippen LogP contribution in [0.2, 0.25) is 0 Å². The Morgan fingerprint density at radius 1 is 1.21 bits per heavy atom. The summed E-state index contributed by atoms with van der Waals surface area (Å²) < 4.78 is 0. The van der Waals surface area contributed by atoms with Gasteiger partial charge in [-0.2, -0.15) is 0 Å². The minimum Gasteiger partial charge on any atom is -0.390 e. The second-order valence-corrected chi connectivity index (χ2v) is 4.59. The molecule has 0 aromatic heterocycles. The lowest BCUT2D eigenvalue weighted by molar-refractivity contribution is 0.140. The van der Waals surface area contributed by atoms with E-state index in [2.05, 4.69) is 32.0 Å². The maximum atomic E-state index is 9.77. The summed E-state index contributed by atoms with van der Waals surface area (Å²) in [7, 11) is 0. The molecule has 1 aliphatic rings. The molecular weight excluding hydrogens is 172 g/mol. The van der Waals surface area contributed by atoms with Crippen molar-refractivity contribution in [2.75, 3.05) is 0 Å². The molecule has 0 saturated heterocycles. The highest BCUT2D eigenvalue weighted by molar-refractivity contribution is 5.33. The molecule has 1 N–H and O–H groups in total. The standard InChI is InChI=1S/C13H18O/c1-10-4-3-5-11(2)12(10)6-7-13(14)8-9-13/h3-5,14H,6-9H2,1-2H3. The van der Waals surface area contributed by atoms with Gasteiger partial charge in [0.1, 0.15) is 0 Å². The molecule has 0 heterocycles. The average Bonchev–Trinajstić information content (AvgIpc) is 2.83. The van der Waals surface area contributed by atoms with Crippen LogP contribution in [-0.4, -0.2) is 10.7 Å². The van der Waals surface area contributed by atoms with Gasteiger partial charge >= 0.3 is 0 Å². The van der Waals surface area contributed by atoms with E-state index in [9.17, 15) is 5.11 Å². The lowest BCUT2D eigenvalue weighted by Gasteiger charge is -2.11. The van der Waals surface area contributed by atoms with Gasteiger partial charge in [-0.15, -0.1) is 0 Å². The third-order valence-corrected chi connectivity index (χ3v) is 3.31. The summed E-state index contributed by atoms with van der Waals surface area (Å²) in [6, 6.07) is 6.40. The highest BCUT2D eigenvalue weighted by atomic mass is 16.3. The second kappa shape index (κ2) is 3.39. The van der Waals surface area contributed by atoms with Crippen LogP contribution in [0.25, 0.3) is 0 Å². The molecule has 0 atom stereocenters. The number of benzene rings is 1. The molecule has 14 heavy (non-hydrogen) atoms. The zero-order valence-corrected chi connectivity index (χ0v) is 9.01. The van der Waals surface area contributed by atoms with Crippen LogP contribution in [0.4, 0.5) is 0 Å². The van der Waals surface area contributed by atoms with Gasteiger partial charge in [-0.1, -0.05) is 18.2 Å². The van der Waals surface area contributed by atoms with E-state index in [4.69, 9.17) is 0 Å². The lowest BCUT2D eigenvalue weighted by atomic mass is 9.97. The Bertz CT molecular complexity index is 317. The Morgan fingerprint density at radius 3 is 2.29 bits per heavy atom. The molecule has 1 aliphatic carbocycles. The van der Waals surface area contributed by atoms with Crippen LogP contribution >= 0.6 is 0 Å². The van der Waals surface area contributed by atoms with Gasteiger partial charge in [-0.25, -0.2) is 0 Å². The maximum Gasteiger partial charge on any atom is 0.0653 e. The number of rotatable bonds is 3. The summed E-state index contributed by atoms with van der Waals surface area (Å²) in [5.41, 5.74) is 3.82. The first-order valence-corrected chi connectivity index (χ1v) is 5.38. The molecule has 0 unspecified atom stereocenters. The topological polar surface area (TPSA) is 20.2 Å². The molecule has 0 amide bonds. The van der Waals surface area contributed by atoms with E-state index >= 15 is 0 Å². The van der Waals surface area contributed by atoms with E-state index in [-0.39, 0.29) is 5.60 Å². The van der Waals surface area contributed by atoms with Gasteiger partial charge in [-0.3, -0.25) is 0 Å². The number of aliphatic hydroxyl groups is 1. The lowest BCUT2D eigenvalue weighted by Crippen LogP contribution is -2.09. The average molecular weight is 190 g/mol. The van der Waals surface area contributed by atoms with Crippen LogP contribution in [0.1, 0.15) is 36.0 Å². The molecule has 0 bridgehead atoms. The molecule has 0 spiro atoms. The van der Waals surface area contributed by atoms with Crippen molar-refractivity contribution in [1.29, 1.82) is 0 Å². The van der Waals surface area contributed by atoms with Crippen molar-refractivity contribution in [2.45, 2.75) is 45.1 Å². The van der Waals surface area contributed by atoms with Crippen molar-refractivity contribution < 1.29 is 5.11 Å². The van der Waals surface area contributed by atoms with E-state index in [0.717, 1.165) is 25.7 Å². The van der Waals surface area contributed by atoms with Gasteiger partial charge in [-0.05, 0) is 56.2 Å². The van der Waals surface area contributed by atoms with Crippen molar-refractivity contribution in [3.05, 3.63) is 34.9 Å². The van der Waals surface area contributed by atoms with Crippen LogP contribution in [0.5, 0.6) is 0 Å². The largest absolute Gasteiger partial charge is 0.390 e. The first-order valence-electron chi connectivity index (χ1n) is 5.38. The minimum absolute atomic E-state index is 0.311. The first-order chi connectivity index (χ1) is 6.61. The Balaban J connectivity index is 2.08. The first kappa shape index (κ1) is 9.72. The number of hydrogen-bond acceptors (Lipinski definition) is 1. The van der Waals surface area contributed by atoms with Gasteiger partial charge in [0.2, 0.25) is 0 Å². The molecule has 1 fully saturated rings. The Hall–Kier alpha value is -0.820. The van der Waals surface area contributed by atoms with Crippen LogP contribution in [0.3, 0.4) is 0 Å². The summed E-state index contributed by atoms with van der Waals surface area (Å²) in [6.07, 6.45) is 3.95. The van der Waals surface area contributed by atoms with E-state index in [1.54, 1.807) is 0 Å². The maximum absolute atomic E-state index is 9.77. The highest BCUT2D eigenvalue weighted by Gasteiger charge is 2.39. The fourth-order valence-corrected chi connectivity index (χ4v) is 2.00. The number of hydrogen-bond donors (Lipinski definition) is 1. The second-order valence-electron chi connectivity index (χ2n) is 4.59. The van der Waals surface area contributed by atoms with E-state index < -0.39 is 0 Å². The molecule has 1 saturated carbocycles. The van der Waals surface area contributed by atoms with Crippen molar-refractivity contribution in [3.63, 3.8) is 0 Å². The minimum atomic E-state index is -0.311. The zero-order valence-electron chi connectivity index (χ0n) is 9.01. The molecule has 0 aliphatic heterocycles. The SMILES string of the molecule is Cc1cccc(C)c1CCC1(O)CC1.